The summed E-state index contributed by atoms with van der Waals surface area (Å²) >= 11 is 16.5. The van der Waals surface area contributed by atoms with Crippen molar-refractivity contribution in [2.75, 3.05) is 13.2 Å². The van der Waals surface area contributed by atoms with Crippen molar-refractivity contribution in [3.63, 3.8) is 0 Å². The Hall–Kier alpha value is -4.00. The first-order valence-electron chi connectivity index (χ1n) is 12.6. The molecule has 0 aliphatic carbocycles. The normalized spacial score (nSPS) is 15.8. The number of carbonyl (C=O) groups excluding carboxylic acids is 5. The molecule has 0 aromatic heterocycles. The summed E-state index contributed by atoms with van der Waals surface area (Å²) in [4.78, 5) is 64.0. The second-order valence-corrected chi connectivity index (χ2v) is 11.6. The van der Waals surface area contributed by atoms with E-state index in [0.717, 1.165) is 4.90 Å². The van der Waals surface area contributed by atoms with E-state index in [1.54, 1.807) is 74.5 Å². The van der Waals surface area contributed by atoms with Crippen molar-refractivity contribution in [1.29, 1.82) is 0 Å². The van der Waals surface area contributed by atoms with Gasteiger partial charge in [0.05, 0.1) is 0 Å². The van der Waals surface area contributed by atoms with Gasteiger partial charge >= 0.3 is 24.2 Å². The molecular formula is C28H27Cl3N2O10. The maximum Gasteiger partial charge on any atom is 0.508 e. The lowest BCUT2D eigenvalue weighted by molar-refractivity contribution is -0.190. The maximum absolute atomic E-state index is 13.2. The molecule has 0 spiro atoms. The van der Waals surface area contributed by atoms with Crippen molar-refractivity contribution >= 4 is 64.9 Å². The lowest BCUT2D eigenvalue weighted by Crippen LogP contribution is -2.72. The highest BCUT2D eigenvalue weighted by Crippen LogP contribution is 2.30. The quantitative estimate of drug-likeness (QED) is 0.120. The van der Waals surface area contributed by atoms with Gasteiger partial charge in [0.2, 0.25) is 10.0 Å². The SMILES string of the molecule is CC(C)=C(C(=O)OCc1ccccc1)N1C(=O)C(NC(=O)OCc2ccccc2)C1OC(=O)COC(=O)OCC(Cl)(Cl)Cl. The average Bonchev–Trinajstić information content (AvgIpc) is 2.98. The Bertz CT molecular complexity index is 1350. The van der Waals surface area contributed by atoms with Crippen molar-refractivity contribution in [1.82, 2.24) is 10.2 Å². The molecule has 1 fully saturated rings. The predicted octanol–water partition coefficient (Wildman–Crippen LogP) is 4.55. The van der Waals surface area contributed by atoms with Crippen LogP contribution in [0.15, 0.2) is 71.9 Å². The van der Waals surface area contributed by atoms with E-state index in [1.807, 2.05) is 0 Å². The molecule has 2 unspecified atom stereocenters. The average molecular weight is 658 g/mol. The summed E-state index contributed by atoms with van der Waals surface area (Å²) in [7, 11) is 0. The van der Waals surface area contributed by atoms with E-state index in [0.29, 0.717) is 16.7 Å². The molecule has 1 saturated heterocycles. The second-order valence-electron chi connectivity index (χ2n) is 9.13. The molecule has 0 radical (unpaired) electrons. The highest BCUT2D eigenvalue weighted by atomic mass is 35.6. The van der Waals surface area contributed by atoms with Gasteiger partial charge in [-0.05, 0) is 30.5 Å². The van der Waals surface area contributed by atoms with Crippen LogP contribution in [0.25, 0.3) is 0 Å². The molecule has 0 bridgehead atoms. The third kappa shape index (κ3) is 10.3. The molecule has 1 aliphatic heterocycles. The zero-order valence-corrected chi connectivity index (χ0v) is 25.2. The summed E-state index contributed by atoms with van der Waals surface area (Å²) in [5.74, 6) is -2.82. The molecule has 3 rings (SSSR count). The number of ether oxygens (including phenoxy) is 5. The maximum atomic E-state index is 13.2. The number of likely N-dealkylation sites (tertiary alicyclic amines) is 1. The van der Waals surface area contributed by atoms with Crippen molar-refractivity contribution in [2.24, 2.45) is 0 Å². The van der Waals surface area contributed by atoms with Gasteiger partial charge in [-0.15, -0.1) is 0 Å². The lowest BCUT2D eigenvalue weighted by atomic mass is 10.0. The summed E-state index contributed by atoms with van der Waals surface area (Å²) in [5.41, 5.74) is 1.52. The third-order valence-electron chi connectivity index (χ3n) is 5.56. The zero-order chi connectivity index (χ0) is 31.6. The number of rotatable bonds is 11. The number of β-lactam (4-membered cyclic amide) rings is 1. The van der Waals surface area contributed by atoms with Crippen LogP contribution in [0.5, 0.6) is 0 Å². The Morgan fingerprint density at radius 1 is 0.837 bits per heavy atom. The number of amides is 2. The number of nitrogens with zero attached hydrogens (tertiary/aromatic N) is 1. The molecule has 1 aliphatic rings. The number of hydrogen-bond donors (Lipinski definition) is 1. The summed E-state index contributed by atoms with van der Waals surface area (Å²) in [6.45, 7) is 1.28. The van der Waals surface area contributed by atoms with Crippen LogP contribution in [0.2, 0.25) is 0 Å². The number of alkyl halides is 3. The van der Waals surface area contributed by atoms with E-state index >= 15 is 0 Å². The minimum absolute atomic E-state index is 0.0967. The van der Waals surface area contributed by atoms with E-state index < -0.39 is 59.4 Å². The topological polar surface area (TPSA) is 147 Å². The van der Waals surface area contributed by atoms with Gasteiger partial charge in [-0.2, -0.15) is 0 Å². The minimum atomic E-state index is -1.91. The predicted molar refractivity (Wildman–Crippen MR) is 152 cm³/mol. The number of allylic oxidation sites excluding steroid dienone is 1. The van der Waals surface area contributed by atoms with Gasteiger partial charge < -0.3 is 29.0 Å². The Labute approximate surface area is 261 Å². The molecule has 1 heterocycles. The van der Waals surface area contributed by atoms with Crippen LogP contribution in [-0.4, -0.2) is 64.3 Å². The van der Waals surface area contributed by atoms with Crippen LogP contribution in [0.1, 0.15) is 25.0 Å². The minimum Gasteiger partial charge on any atom is -0.456 e. The van der Waals surface area contributed by atoms with Crippen molar-refractivity contribution < 1.29 is 47.7 Å². The standard InChI is InChI=1S/C28H27Cl3N2O10/c1-17(2)22(25(36)39-13-18-9-5-3-6-10-18)33-23(35)21(32-26(37)40-14-19-11-7-4-8-12-19)24(33)43-20(34)15-41-27(38)42-16-28(29,30)31/h3-12,21,24H,13-16H2,1-2H3,(H,32,37). The molecule has 43 heavy (non-hydrogen) atoms. The monoisotopic (exact) mass is 656 g/mol. The van der Waals surface area contributed by atoms with Crippen LogP contribution >= 0.6 is 34.8 Å². The van der Waals surface area contributed by atoms with Gasteiger partial charge in [0.25, 0.3) is 5.91 Å². The Morgan fingerprint density at radius 3 is 1.93 bits per heavy atom. The summed E-state index contributed by atoms with van der Waals surface area (Å²) in [5, 5.41) is 2.33. The third-order valence-corrected chi connectivity index (χ3v) is 5.89. The number of esters is 2. The number of benzene rings is 2. The van der Waals surface area contributed by atoms with Gasteiger partial charge in [-0.25, -0.2) is 19.2 Å². The molecule has 2 atom stereocenters. The smallest absolute Gasteiger partial charge is 0.456 e. The number of hydrogen-bond acceptors (Lipinski definition) is 10. The lowest BCUT2D eigenvalue weighted by Gasteiger charge is -2.45. The van der Waals surface area contributed by atoms with Gasteiger partial charge in [-0.3, -0.25) is 9.69 Å². The molecule has 2 amide bonds. The van der Waals surface area contributed by atoms with Crippen molar-refractivity contribution in [3.8, 4) is 0 Å². The number of carbonyl (C=O) groups is 5. The summed E-state index contributed by atoms with van der Waals surface area (Å²) in [6.07, 6.45) is -3.85. The van der Waals surface area contributed by atoms with Gasteiger partial charge in [0, 0.05) is 0 Å². The first kappa shape index (κ1) is 33.5. The van der Waals surface area contributed by atoms with Crippen LogP contribution in [0.3, 0.4) is 0 Å². The van der Waals surface area contributed by atoms with Crippen LogP contribution in [-0.2, 0) is 51.3 Å². The van der Waals surface area contributed by atoms with E-state index in [-0.39, 0.29) is 18.9 Å². The van der Waals surface area contributed by atoms with E-state index in [1.165, 1.54) is 0 Å². The fourth-order valence-corrected chi connectivity index (χ4v) is 3.81. The molecule has 2 aromatic rings. The molecule has 15 heteroatoms. The number of alkyl carbamates (subject to hydrolysis) is 1. The first-order chi connectivity index (χ1) is 20.4. The zero-order valence-electron chi connectivity index (χ0n) is 22.9. The Morgan fingerprint density at radius 2 is 1.40 bits per heavy atom. The highest BCUT2D eigenvalue weighted by molar-refractivity contribution is 6.67. The molecule has 0 saturated carbocycles. The number of halogens is 3. The molecule has 12 nitrogen and oxygen atoms in total. The summed E-state index contributed by atoms with van der Waals surface area (Å²) in [6, 6.07) is 16.1. The molecule has 230 valence electrons. The summed E-state index contributed by atoms with van der Waals surface area (Å²) < 4.78 is 23.2. The van der Waals surface area contributed by atoms with Crippen LogP contribution < -0.4 is 5.32 Å². The second kappa shape index (κ2) is 15.5. The van der Waals surface area contributed by atoms with Gasteiger partial charge in [0.15, 0.2) is 12.6 Å². The first-order valence-corrected chi connectivity index (χ1v) is 13.7. The molecular weight excluding hydrogens is 631 g/mol. The Balaban J connectivity index is 1.71. The highest BCUT2D eigenvalue weighted by Gasteiger charge is 2.54. The van der Waals surface area contributed by atoms with Gasteiger partial charge in [0.1, 0.15) is 25.5 Å². The van der Waals surface area contributed by atoms with E-state index in [9.17, 15) is 24.0 Å². The Kier molecular flexibility index (Phi) is 12.0. The van der Waals surface area contributed by atoms with E-state index in [4.69, 9.17) is 49.0 Å². The fourth-order valence-electron chi connectivity index (χ4n) is 3.65. The van der Waals surface area contributed by atoms with Gasteiger partial charge in [-0.1, -0.05) is 95.5 Å². The molecule has 1 N–H and O–H groups in total. The largest absolute Gasteiger partial charge is 0.508 e. The van der Waals surface area contributed by atoms with Crippen molar-refractivity contribution in [2.45, 2.75) is 43.1 Å². The van der Waals surface area contributed by atoms with E-state index in [2.05, 4.69) is 14.8 Å². The molecule has 2 aromatic carbocycles. The van der Waals surface area contributed by atoms with Crippen LogP contribution in [0, 0.1) is 0 Å². The van der Waals surface area contributed by atoms with Crippen molar-refractivity contribution in [3.05, 3.63) is 83.1 Å². The fraction of sp³-hybridized carbons (Fsp3) is 0.321. The number of nitrogens with one attached hydrogen (secondary N) is 1. The van der Waals surface area contributed by atoms with Crippen LogP contribution in [0.4, 0.5) is 9.59 Å².